The van der Waals surface area contributed by atoms with Gasteiger partial charge in [-0.25, -0.2) is 4.79 Å². The van der Waals surface area contributed by atoms with Crippen LogP contribution in [0.5, 0.6) is 11.5 Å². The van der Waals surface area contributed by atoms with Crippen LogP contribution in [-0.2, 0) is 9.53 Å². The number of ether oxygens (including phenoxy) is 3. The molecule has 1 aromatic carbocycles. The molecule has 2 rings (SSSR count). The standard InChI is InChI=1S/C16H16N2O6S/c1-22-9-3-4-10(12(7-9)23-2)16(21)24-8-13(19)18-15-11(14(17)20)5-6-25-15/h3-7H,8H2,1-2H3,(H2,17,20)(H,18,19). The molecule has 2 amide bonds. The molecule has 9 heteroatoms. The van der Waals surface area contributed by atoms with Gasteiger partial charge in [-0.05, 0) is 23.6 Å². The molecule has 0 aliphatic carbocycles. The van der Waals surface area contributed by atoms with E-state index < -0.39 is 24.4 Å². The van der Waals surface area contributed by atoms with Gasteiger partial charge >= 0.3 is 5.97 Å². The maximum Gasteiger partial charge on any atom is 0.342 e. The number of anilines is 1. The molecule has 1 heterocycles. The quantitative estimate of drug-likeness (QED) is 0.722. The number of hydrogen-bond acceptors (Lipinski definition) is 7. The molecule has 0 saturated carbocycles. The van der Waals surface area contributed by atoms with Crippen molar-refractivity contribution < 1.29 is 28.6 Å². The van der Waals surface area contributed by atoms with Crippen LogP contribution in [0.25, 0.3) is 0 Å². The Morgan fingerprint density at radius 2 is 1.88 bits per heavy atom. The van der Waals surface area contributed by atoms with E-state index in [0.717, 1.165) is 11.3 Å². The van der Waals surface area contributed by atoms with Crippen LogP contribution in [0.1, 0.15) is 20.7 Å². The summed E-state index contributed by atoms with van der Waals surface area (Å²) >= 11 is 1.14. The van der Waals surface area contributed by atoms with Gasteiger partial charge < -0.3 is 25.3 Å². The number of carbonyl (C=O) groups excluding carboxylic acids is 3. The van der Waals surface area contributed by atoms with Gasteiger partial charge in [0.2, 0.25) is 0 Å². The fourth-order valence-electron chi connectivity index (χ4n) is 1.94. The maximum atomic E-state index is 12.1. The molecule has 2 aromatic rings. The minimum atomic E-state index is -0.726. The number of hydrogen-bond donors (Lipinski definition) is 2. The molecule has 0 saturated heterocycles. The van der Waals surface area contributed by atoms with Crippen molar-refractivity contribution >= 4 is 34.1 Å². The summed E-state index contributed by atoms with van der Waals surface area (Å²) in [6.45, 7) is -0.524. The summed E-state index contributed by atoms with van der Waals surface area (Å²) in [7, 11) is 2.89. The Labute approximate surface area is 147 Å². The fourth-order valence-corrected chi connectivity index (χ4v) is 2.75. The molecule has 0 spiro atoms. The highest BCUT2D eigenvalue weighted by atomic mass is 32.1. The topological polar surface area (TPSA) is 117 Å². The molecular weight excluding hydrogens is 348 g/mol. The third-order valence-corrected chi connectivity index (χ3v) is 3.98. The van der Waals surface area contributed by atoms with Crippen LogP contribution in [0, 0.1) is 0 Å². The van der Waals surface area contributed by atoms with Crippen molar-refractivity contribution in [3.63, 3.8) is 0 Å². The lowest BCUT2D eigenvalue weighted by atomic mass is 10.2. The zero-order valence-electron chi connectivity index (χ0n) is 13.5. The summed E-state index contributed by atoms with van der Waals surface area (Å²) in [5, 5.41) is 4.39. The van der Waals surface area contributed by atoms with Gasteiger partial charge in [0.05, 0.1) is 19.8 Å². The Balaban J connectivity index is 1.99. The molecule has 0 fully saturated rings. The second kappa shape index (κ2) is 8.15. The van der Waals surface area contributed by atoms with E-state index >= 15 is 0 Å². The zero-order valence-corrected chi connectivity index (χ0v) is 14.3. The number of thiophene rings is 1. The number of amides is 2. The molecule has 1 aromatic heterocycles. The van der Waals surface area contributed by atoms with Crippen LogP contribution in [0.4, 0.5) is 5.00 Å². The van der Waals surface area contributed by atoms with Crippen molar-refractivity contribution in [3.05, 3.63) is 40.8 Å². The third kappa shape index (κ3) is 4.48. The van der Waals surface area contributed by atoms with Gasteiger partial charge in [0, 0.05) is 6.07 Å². The van der Waals surface area contributed by atoms with Gasteiger partial charge in [0.15, 0.2) is 6.61 Å². The summed E-state index contributed by atoms with van der Waals surface area (Å²) in [5.74, 6) is -1.19. The molecule has 0 radical (unpaired) electrons. The summed E-state index contributed by atoms with van der Waals surface area (Å²) in [6, 6.07) is 6.07. The van der Waals surface area contributed by atoms with E-state index in [1.54, 1.807) is 11.4 Å². The zero-order chi connectivity index (χ0) is 18.4. The lowest BCUT2D eigenvalue weighted by molar-refractivity contribution is -0.119. The number of carbonyl (C=O) groups is 3. The summed E-state index contributed by atoms with van der Waals surface area (Å²) in [4.78, 5) is 35.2. The average Bonchev–Trinajstić information content (AvgIpc) is 3.07. The first-order valence-corrected chi connectivity index (χ1v) is 7.90. The normalized spacial score (nSPS) is 10.0. The predicted octanol–water partition coefficient (Wildman–Crippen LogP) is 1.66. The van der Waals surface area contributed by atoms with Crippen LogP contribution in [0.3, 0.4) is 0 Å². The summed E-state index contributed by atoms with van der Waals surface area (Å²) in [6.07, 6.45) is 0. The maximum absolute atomic E-state index is 12.1. The molecule has 0 atom stereocenters. The minimum Gasteiger partial charge on any atom is -0.497 e. The average molecular weight is 364 g/mol. The van der Waals surface area contributed by atoms with Crippen LogP contribution < -0.4 is 20.5 Å². The number of rotatable bonds is 7. The third-order valence-electron chi connectivity index (χ3n) is 3.15. The van der Waals surface area contributed by atoms with Crippen molar-refractivity contribution in [2.75, 3.05) is 26.1 Å². The van der Waals surface area contributed by atoms with Gasteiger partial charge in [0.25, 0.3) is 11.8 Å². The van der Waals surface area contributed by atoms with Crippen LogP contribution >= 0.6 is 11.3 Å². The number of nitrogens with two attached hydrogens (primary N) is 1. The SMILES string of the molecule is COc1ccc(C(=O)OCC(=O)Nc2sccc2C(N)=O)c(OC)c1. The molecule has 0 aliphatic rings. The van der Waals surface area contributed by atoms with Gasteiger partial charge in [-0.15, -0.1) is 11.3 Å². The smallest absolute Gasteiger partial charge is 0.342 e. The number of nitrogens with one attached hydrogen (secondary N) is 1. The fraction of sp³-hybridized carbons (Fsp3) is 0.188. The van der Waals surface area contributed by atoms with Crippen molar-refractivity contribution in [2.45, 2.75) is 0 Å². The van der Waals surface area contributed by atoms with E-state index in [1.165, 1.54) is 32.4 Å². The van der Waals surface area contributed by atoms with E-state index in [2.05, 4.69) is 5.32 Å². The molecule has 0 bridgehead atoms. The van der Waals surface area contributed by atoms with E-state index in [9.17, 15) is 14.4 Å². The second-order valence-corrected chi connectivity index (χ2v) is 5.63. The Morgan fingerprint density at radius 1 is 1.12 bits per heavy atom. The molecule has 8 nitrogen and oxygen atoms in total. The Bertz CT molecular complexity index is 802. The minimum absolute atomic E-state index is 0.157. The number of primary amides is 1. The lowest BCUT2D eigenvalue weighted by Crippen LogP contribution is -2.22. The van der Waals surface area contributed by atoms with E-state index in [1.807, 2.05) is 0 Å². The largest absolute Gasteiger partial charge is 0.497 e. The number of benzene rings is 1. The van der Waals surface area contributed by atoms with Crippen molar-refractivity contribution in [3.8, 4) is 11.5 Å². The Morgan fingerprint density at radius 3 is 2.52 bits per heavy atom. The summed E-state index contributed by atoms with van der Waals surface area (Å²) < 4.78 is 15.1. The van der Waals surface area contributed by atoms with Crippen LogP contribution in [-0.4, -0.2) is 38.6 Å². The van der Waals surface area contributed by atoms with Gasteiger partial charge in [0.1, 0.15) is 22.1 Å². The van der Waals surface area contributed by atoms with Gasteiger partial charge in [-0.2, -0.15) is 0 Å². The molecule has 132 valence electrons. The predicted molar refractivity (Wildman–Crippen MR) is 91.3 cm³/mol. The summed E-state index contributed by atoms with van der Waals surface area (Å²) in [5.41, 5.74) is 5.55. The van der Waals surface area contributed by atoms with Gasteiger partial charge in [-0.3, -0.25) is 9.59 Å². The molecule has 25 heavy (non-hydrogen) atoms. The number of methoxy groups -OCH3 is 2. The van der Waals surface area contributed by atoms with Crippen LogP contribution in [0.2, 0.25) is 0 Å². The van der Waals surface area contributed by atoms with E-state index in [-0.39, 0.29) is 16.9 Å². The Hall–Kier alpha value is -3.07. The highest BCUT2D eigenvalue weighted by Crippen LogP contribution is 2.25. The second-order valence-electron chi connectivity index (χ2n) is 4.72. The first-order chi connectivity index (χ1) is 12.0. The first-order valence-electron chi connectivity index (χ1n) is 7.02. The van der Waals surface area contributed by atoms with Crippen molar-refractivity contribution in [2.24, 2.45) is 5.73 Å². The highest BCUT2D eigenvalue weighted by Gasteiger charge is 2.17. The highest BCUT2D eigenvalue weighted by molar-refractivity contribution is 7.14. The van der Waals surface area contributed by atoms with Crippen molar-refractivity contribution in [1.82, 2.24) is 0 Å². The Kier molecular flexibility index (Phi) is 5.96. The molecule has 0 unspecified atom stereocenters. The van der Waals surface area contributed by atoms with E-state index in [0.29, 0.717) is 10.8 Å². The van der Waals surface area contributed by atoms with Crippen LogP contribution in [0.15, 0.2) is 29.6 Å². The molecule has 3 N–H and O–H groups in total. The van der Waals surface area contributed by atoms with Gasteiger partial charge in [-0.1, -0.05) is 0 Å². The van der Waals surface area contributed by atoms with E-state index in [4.69, 9.17) is 19.9 Å². The number of esters is 1. The molecular formula is C16H16N2O6S. The molecule has 0 aliphatic heterocycles. The monoisotopic (exact) mass is 364 g/mol. The lowest BCUT2D eigenvalue weighted by Gasteiger charge is -2.10. The van der Waals surface area contributed by atoms with Crippen molar-refractivity contribution in [1.29, 1.82) is 0 Å². The first kappa shape index (κ1) is 18.3.